The molecule has 0 spiro atoms. The van der Waals surface area contributed by atoms with Gasteiger partial charge in [0.05, 0.1) is 37.4 Å². The number of nitrogens with zero attached hydrogens (tertiary/aromatic N) is 2. The zero-order valence-electron chi connectivity index (χ0n) is 16.1. The van der Waals surface area contributed by atoms with Crippen LogP contribution < -0.4 is 19.5 Å². The van der Waals surface area contributed by atoms with E-state index in [1.807, 2.05) is 6.92 Å². The van der Waals surface area contributed by atoms with E-state index in [0.717, 1.165) is 6.08 Å². The Labute approximate surface area is 167 Å². The number of hydrogen-bond acceptors (Lipinski definition) is 7. The minimum atomic E-state index is -0.708. The summed E-state index contributed by atoms with van der Waals surface area (Å²) in [6.07, 6.45) is 1.13. The van der Waals surface area contributed by atoms with Crippen LogP contribution in [-0.2, 0) is 4.79 Å². The first kappa shape index (κ1) is 21.2. The molecule has 0 saturated heterocycles. The first-order chi connectivity index (χ1) is 13.9. The summed E-state index contributed by atoms with van der Waals surface area (Å²) in [5.74, 6) is 0.325. The van der Waals surface area contributed by atoms with E-state index in [4.69, 9.17) is 14.2 Å². The number of benzene rings is 2. The Balaban J connectivity index is 2.36. The summed E-state index contributed by atoms with van der Waals surface area (Å²) in [5.41, 5.74) is -0.161. The minimum absolute atomic E-state index is 0.0334. The highest BCUT2D eigenvalue weighted by atomic mass is 16.6. The Morgan fingerprint density at radius 3 is 2.34 bits per heavy atom. The molecule has 2 aromatic rings. The van der Waals surface area contributed by atoms with Crippen molar-refractivity contribution in [3.8, 4) is 23.3 Å². The number of nitriles is 1. The number of carbonyl (C=O) groups excluding carboxylic acids is 1. The molecular weight excluding hydrogens is 378 g/mol. The van der Waals surface area contributed by atoms with Gasteiger partial charge in [-0.05, 0) is 43.3 Å². The summed E-state index contributed by atoms with van der Waals surface area (Å²) >= 11 is 0. The number of rotatable bonds is 8. The van der Waals surface area contributed by atoms with Gasteiger partial charge < -0.3 is 19.5 Å². The summed E-state index contributed by atoms with van der Waals surface area (Å²) in [7, 11) is 2.73. The second-order valence-electron chi connectivity index (χ2n) is 5.60. The van der Waals surface area contributed by atoms with Crippen LogP contribution in [0.2, 0.25) is 0 Å². The van der Waals surface area contributed by atoms with E-state index < -0.39 is 10.8 Å². The van der Waals surface area contributed by atoms with Gasteiger partial charge in [0.2, 0.25) is 0 Å². The van der Waals surface area contributed by atoms with Crippen molar-refractivity contribution in [3.05, 3.63) is 57.6 Å². The second-order valence-corrected chi connectivity index (χ2v) is 5.60. The van der Waals surface area contributed by atoms with Gasteiger partial charge in [-0.2, -0.15) is 5.26 Å². The Hall–Kier alpha value is -4.06. The van der Waals surface area contributed by atoms with Crippen LogP contribution >= 0.6 is 0 Å². The molecule has 0 saturated carbocycles. The number of carbonyl (C=O) groups is 1. The molecule has 0 radical (unpaired) electrons. The molecule has 0 aromatic heterocycles. The molecule has 0 aliphatic heterocycles. The number of methoxy groups -OCH3 is 2. The lowest BCUT2D eigenvalue weighted by atomic mass is 10.1. The van der Waals surface area contributed by atoms with Crippen LogP contribution in [0.25, 0.3) is 6.08 Å². The van der Waals surface area contributed by atoms with Gasteiger partial charge in [-0.1, -0.05) is 0 Å². The quantitative estimate of drug-likeness (QED) is 0.312. The van der Waals surface area contributed by atoms with E-state index in [0.29, 0.717) is 18.0 Å². The fourth-order valence-corrected chi connectivity index (χ4v) is 2.46. The Bertz CT molecular complexity index is 977. The van der Waals surface area contributed by atoms with Gasteiger partial charge in [0.25, 0.3) is 11.6 Å². The molecule has 0 aliphatic rings. The fraction of sp³-hybridized carbons (Fsp3) is 0.200. The van der Waals surface area contributed by atoms with Crippen molar-refractivity contribution in [2.45, 2.75) is 6.92 Å². The van der Waals surface area contributed by atoms with Crippen LogP contribution in [0.3, 0.4) is 0 Å². The van der Waals surface area contributed by atoms with Crippen molar-refractivity contribution in [1.29, 1.82) is 5.26 Å². The maximum atomic E-state index is 12.5. The van der Waals surface area contributed by atoms with Crippen LogP contribution in [0.1, 0.15) is 12.5 Å². The third kappa shape index (κ3) is 5.23. The summed E-state index contributed by atoms with van der Waals surface area (Å²) in [6.45, 7) is 2.37. The molecule has 0 unspecified atom stereocenters. The van der Waals surface area contributed by atoms with Crippen LogP contribution in [0, 0.1) is 21.4 Å². The first-order valence-corrected chi connectivity index (χ1v) is 8.49. The summed E-state index contributed by atoms with van der Waals surface area (Å²) in [6, 6.07) is 10.9. The monoisotopic (exact) mass is 397 g/mol. The van der Waals surface area contributed by atoms with Crippen LogP contribution in [0.4, 0.5) is 11.4 Å². The number of nitrogens with one attached hydrogen (secondary N) is 1. The highest BCUT2D eigenvalue weighted by molar-refractivity contribution is 6.10. The Kier molecular flexibility index (Phi) is 7.14. The van der Waals surface area contributed by atoms with Crippen molar-refractivity contribution in [1.82, 2.24) is 0 Å². The number of amides is 1. The molecule has 0 fully saturated rings. The molecule has 2 aromatic carbocycles. The van der Waals surface area contributed by atoms with Crippen molar-refractivity contribution in [2.24, 2.45) is 0 Å². The highest BCUT2D eigenvalue weighted by Crippen LogP contribution is 2.35. The molecular formula is C20H19N3O6. The van der Waals surface area contributed by atoms with Gasteiger partial charge in [-0.3, -0.25) is 14.9 Å². The van der Waals surface area contributed by atoms with Gasteiger partial charge in [0.1, 0.15) is 17.4 Å². The van der Waals surface area contributed by atoms with E-state index >= 15 is 0 Å². The number of ether oxygens (including phenoxy) is 3. The lowest BCUT2D eigenvalue weighted by molar-refractivity contribution is -0.385. The van der Waals surface area contributed by atoms with Crippen molar-refractivity contribution < 1.29 is 23.9 Å². The van der Waals surface area contributed by atoms with E-state index in [-0.39, 0.29) is 28.3 Å². The predicted octanol–water partition coefficient (Wildman–Crippen LogP) is 3.56. The first-order valence-electron chi connectivity index (χ1n) is 8.49. The average molecular weight is 397 g/mol. The van der Waals surface area contributed by atoms with E-state index in [2.05, 4.69) is 5.32 Å². The van der Waals surface area contributed by atoms with E-state index in [1.54, 1.807) is 30.3 Å². The number of anilines is 1. The van der Waals surface area contributed by atoms with Crippen molar-refractivity contribution in [3.63, 3.8) is 0 Å². The third-order valence-corrected chi connectivity index (χ3v) is 3.82. The molecule has 1 N–H and O–H groups in total. The van der Waals surface area contributed by atoms with Gasteiger partial charge in [0.15, 0.2) is 11.5 Å². The number of nitro benzene ring substituents is 1. The topological polar surface area (TPSA) is 124 Å². The number of nitro groups is 1. The average Bonchev–Trinajstić information content (AvgIpc) is 2.72. The zero-order valence-corrected chi connectivity index (χ0v) is 16.1. The third-order valence-electron chi connectivity index (χ3n) is 3.82. The minimum Gasteiger partial charge on any atom is -0.494 e. The molecule has 1 amide bonds. The molecule has 0 bridgehead atoms. The van der Waals surface area contributed by atoms with Crippen molar-refractivity contribution in [2.75, 3.05) is 26.1 Å². The largest absolute Gasteiger partial charge is 0.494 e. The van der Waals surface area contributed by atoms with Crippen LogP contribution in [0.15, 0.2) is 42.0 Å². The molecule has 0 aliphatic carbocycles. The normalized spacial score (nSPS) is 10.6. The molecule has 2 rings (SSSR count). The van der Waals surface area contributed by atoms with Gasteiger partial charge in [0, 0.05) is 5.69 Å². The summed E-state index contributed by atoms with van der Waals surface area (Å²) < 4.78 is 15.5. The number of hydrogen-bond donors (Lipinski definition) is 1. The Morgan fingerprint density at radius 1 is 1.21 bits per heavy atom. The summed E-state index contributed by atoms with van der Waals surface area (Å²) in [5, 5.41) is 23.3. The zero-order chi connectivity index (χ0) is 21.4. The van der Waals surface area contributed by atoms with Gasteiger partial charge >= 0.3 is 0 Å². The predicted molar refractivity (Wildman–Crippen MR) is 106 cm³/mol. The maximum absolute atomic E-state index is 12.5. The molecule has 150 valence electrons. The van der Waals surface area contributed by atoms with Crippen LogP contribution in [0.5, 0.6) is 17.2 Å². The molecule has 0 heterocycles. The van der Waals surface area contributed by atoms with E-state index in [9.17, 15) is 20.2 Å². The molecule has 9 nitrogen and oxygen atoms in total. The molecule has 29 heavy (non-hydrogen) atoms. The maximum Gasteiger partial charge on any atom is 0.280 e. The standard InChI is InChI=1S/C20H19N3O6/c1-4-29-16-7-5-15(6-8-16)22-20(24)14(12-21)9-13-10-18(27-2)19(28-3)11-17(13)23(25)26/h5-11H,4H2,1-3H3,(H,22,24). The fourth-order valence-electron chi connectivity index (χ4n) is 2.46. The lowest BCUT2D eigenvalue weighted by Gasteiger charge is -2.09. The van der Waals surface area contributed by atoms with Crippen molar-refractivity contribution >= 4 is 23.4 Å². The van der Waals surface area contributed by atoms with Gasteiger partial charge in [-0.15, -0.1) is 0 Å². The molecule has 9 heteroatoms. The lowest BCUT2D eigenvalue weighted by Crippen LogP contribution is -2.13. The smallest absolute Gasteiger partial charge is 0.280 e. The Morgan fingerprint density at radius 2 is 1.83 bits per heavy atom. The second kappa shape index (κ2) is 9.75. The van der Waals surface area contributed by atoms with Crippen LogP contribution in [-0.4, -0.2) is 31.7 Å². The SMILES string of the molecule is CCOc1ccc(NC(=O)C(C#N)=Cc2cc(OC)c(OC)cc2[N+](=O)[O-])cc1. The van der Waals surface area contributed by atoms with E-state index in [1.165, 1.54) is 26.4 Å². The highest BCUT2D eigenvalue weighted by Gasteiger charge is 2.20. The molecule has 0 atom stereocenters. The van der Waals surface area contributed by atoms with Gasteiger partial charge in [-0.25, -0.2) is 0 Å². The summed E-state index contributed by atoms with van der Waals surface area (Å²) in [4.78, 5) is 23.2.